The van der Waals surface area contributed by atoms with Crippen molar-refractivity contribution in [3.8, 4) is 11.5 Å². The van der Waals surface area contributed by atoms with Crippen LogP contribution in [-0.4, -0.2) is 19.4 Å². The molecule has 0 aliphatic rings. The number of methoxy groups -OCH3 is 1. The van der Waals surface area contributed by atoms with Crippen molar-refractivity contribution >= 4 is 33.1 Å². The largest absolute Gasteiger partial charge is 0.494 e. The van der Waals surface area contributed by atoms with E-state index in [0.717, 1.165) is 28.7 Å². The molecule has 6 heteroatoms. The van der Waals surface area contributed by atoms with Crippen LogP contribution in [0.25, 0.3) is 0 Å². The molecule has 0 radical (unpaired) electrons. The van der Waals surface area contributed by atoms with Crippen molar-refractivity contribution in [2.24, 2.45) is 0 Å². The molecule has 0 spiro atoms. The maximum Gasteiger partial charge on any atom is 0.163 e. The van der Waals surface area contributed by atoms with Gasteiger partial charge in [-0.3, -0.25) is 4.79 Å². The number of carbonyl (C=O) groups is 1. The lowest BCUT2D eigenvalue weighted by molar-refractivity contribution is 0.101. The highest BCUT2D eigenvalue weighted by atomic mass is 79.9. The van der Waals surface area contributed by atoms with Crippen LogP contribution in [0, 0.1) is 0 Å². The molecular weight excluding hydrogens is 384 g/mol. The fourth-order valence-electron chi connectivity index (χ4n) is 2.45. The standard InChI is InChI=1S/C19H23BrN2O3/c1-4-9-22-19-16(24-3)10-13(17(20)18(19)21)11-25-15-8-6-5-7-14(15)12(2)23/h5-8,10,22H,4,9,11,21H2,1-3H3. The van der Waals surface area contributed by atoms with Gasteiger partial charge in [0, 0.05) is 16.6 Å². The summed E-state index contributed by atoms with van der Waals surface area (Å²) in [5.41, 5.74) is 8.99. The van der Waals surface area contributed by atoms with Crippen LogP contribution in [0.1, 0.15) is 36.2 Å². The number of anilines is 2. The van der Waals surface area contributed by atoms with Crippen molar-refractivity contribution in [1.29, 1.82) is 0 Å². The third-order valence-corrected chi connectivity index (χ3v) is 4.70. The van der Waals surface area contributed by atoms with Gasteiger partial charge < -0.3 is 20.5 Å². The normalized spacial score (nSPS) is 10.4. The van der Waals surface area contributed by atoms with Gasteiger partial charge >= 0.3 is 0 Å². The molecule has 0 fully saturated rings. The first-order chi connectivity index (χ1) is 12.0. The van der Waals surface area contributed by atoms with Crippen LogP contribution in [0.3, 0.4) is 0 Å². The van der Waals surface area contributed by atoms with Crippen molar-refractivity contribution in [3.05, 3.63) is 45.9 Å². The minimum Gasteiger partial charge on any atom is -0.494 e. The zero-order chi connectivity index (χ0) is 18.4. The summed E-state index contributed by atoms with van der Waals surface area (Å²) in [6.45, 7) is 4.67. The van der Waals surface area contributed by atoms with Crippen LogP contribution in [0.5, 0.6) is 11.5 Å². The summed E-state index contributed by atoms with van der Waals surface area (Å²) in [6.07, 6.45) is 0.979. The van der Waals surface area contributed by atoms with Gasteiger partial charge in [0.05, 0.1) is 18.4 Å². The molecular formula is C19H23BrN2O3. The summed E-state index contributed by atoms with van der Waals surface area (Å²) in [4.78, 5) is 11.7. The van der Waals surface area contributed by atoms with E-state index in [-0.39, 0.29) is 12.4 Å². The highest BCUT2D eigenvalue weighted by molar-refractivity contribution is 9.10. The maximum absolute atomic E-state index is 11.7. The molecule has 0 aliphatic heterocycles. The number of Topliss-reactive ketones (excluding diaryl/α,β-unsaturated/α-hetero) is 1. The Morgan fingerprint density at radius 2 is 2.00 bits per heavy atom. The van der Waals surface area contributed by atoms with Crippen molar-refractivity contribution in [2.75, 3.05) is 24.7 Å². The first-order valence-corrected chi connectivity index (χ1v) is 8.90. The smallest absolute Gasteiger partial charge is 0.163 e. The van der Waals surface area contributed by atoms with Crippen molar-refractivity contribution in [1.82, 2.24) is 0 Å². The Morgan fingerprint density at radius 3 is 2.64 bits per heavy atom. The molecule has 0 heterocycles. The maximum atomic E-state index is 11.7. The van der Waals surface area contributed by atoms with Gasteiger partial charge in [-0.15, -0.1) is 0 Å². The van der Waals surface area contributed by atoms with E-state index >= 15 is 0 Å². The molecule has 2 aromatic rings. The Labute approximate surface area is 156 Å². The number of ketones is 1. The van der Waals surface area contributed by atoms with Gasteiger partial charge in [-0.2, -0.15) is 0 Å². The number of nitrogens with two attached hydrogens (primary N) is 1. The number of halogens is 1. The SMILES string of the molecule is CCCNc1c(OC)cc(COc2ccccc2C(C)=O)c(Br)c1N. The number of nitrogens with one attached hydrogen (secondary N) is 1. The molecule has 0 amide bonds. The van der Waals surface area contributed by atoms with Gasteiger partial charge in [-0.05, 0) is 47.5 Å². The highest BCUT2D eigenvalue weighted by Gasteiger charge is 2.16. The zero-order valence-corrected chi connectivity index (χ0v) is 16.3. The van der Waals surface area contributed by atoms with Crippen molar-refractivity contribution < 1.29 is 14.3 Å². The molecule has 0 saturated carbocycles. The Bertz CT molecular complexity index is 763. The molecule has 134 valence electrons. The van der Waals surface area contributed by atoms with E-state index < -0.39 is 0 Å². The van der Waals surface area contributed by atoms with Gasteiger partial charge in [-0.25, -0.2) is 0 Å². The third kappa shape index (κ3) is 4.45. The summed E-state index contributed by atoms with van der Waals surface area (Å²) in [7, 11) is 1.61. The van der Waals surface area contributed by atoms with E-state index in [1.807, 2.05) is 18.2 Å². The number of carbonyl (C=O) groups excluding carboxylic acids is 1. The lowest BCUT2D eigenvalue weighted by Gasteiger charge is -2.18. The summed E-state index contributed by atoms with van der Waals surface area (Å²) in [5, 5.41) is 3.28. The Hall–Kier alpha value is -2.21. The van der Waals surface area contributed by atoms with E-state index in [0.29, 0.717) is 22.7 Å². The second-order valence-corrected chi connectivity index (χ2v) is 6.40. The predicted octanol–water partition coefficient (Wildman–Crippen LogP) is 4.64. The molecule has 2 rings (SSSR count). The highest BCUT2D eigenvalue weighted by Crippen LogP contribution is 2.39. The number of nitrogen functional groups attached to an aromatic ring is 1. The molecule has 0 atom stereocenters. The second kappa shape index (κ2) is 8.76. The number of hydrogen-bond acceptors (Lipinski definition) is 5. The first-order valence-electron chi connectivity index (χ1n) is 8.11. The van der Waals surface area contributed by atoms with Crippen molar-refractivity contribution in [3.63, 3.8) is 0 Å². The van der Waals surface area contributed by atoms with Crippen LogP contribution in [0.4, 0.5) is 11.4 Å². The topological polar surface area (TPSA) is 73.6 Å². The zero-order valence-electron chi connectivity index (χ0n) is 14.7. The lowest BCUT2D eigenvalue weighted by Crippen LogP contribution is -2.08. The Balaban J connectivity index is 2.29. The van der Waals surface area contributed by atoms with E-state index in [2.05, 4.69) is 28.2 Å². The van der Waals surface area contributed by atoms with Gasteiger partial charge in [-0.1, -0.05) is 19.1 Å². The summed E-state index contributed by atoms with van der Waals surface area (Å²) < 4.78 is 12.1. The monoisotopic (exact) mass is 406 g/mol. The molecule has 5 nitrogen and oxygen atoms in total. The predicted molar refractivity (Wildman–Crippen MR) is 105 cm³/mol. The number of benzene rings is 2. The quantitative estimate of drug-likeness (QED) is 0.493. The molecule has 0 unspecified atom stereocenters. The van der Waals surface area contributed by atoms with Gasteiger partial charge in [0.15, 0.2) is 5.78 Å². The Kier molecular flexibility index (Phi) is 6.70. The van der Waals surface area contributed by atoms with E-state index in [1.165, 1.54) is 6.92 Å². The summed E-state index contributed by atoms with van der Waals surface area (Å²) in [6, 6.07) is 9.06. The number of hydrogen-bond donors (Lipinski definition) is 2. The molecule has 25 heavy (non-hydrogen) atoms. The van der Waals surface area contributed by atoms with Crippen LogP contribution in [0.2, 0.25) is 0 Å². The lowest BCUT2D eigenvalue weighted by atomic mass is 10.1. The summed E-state index contributed by atoms with van der Waals surface area (Å²) in [5.74, 6) is 1.17. The van der Waals surface area contributed by atoms with Gasteiger partial charge in [0.1, 0.15) is 23.8 Å². The van der Waals surface area contributed by atoms with E-state index in [4.69, 9.17) is 15.2 Å². The van der Waals surface area contributed by atoms with Crippen LogP contribution in [0.15, 0.2) is 34.8 Å². The van der Waals surface area contributed by atoms with Crippen LogP contribution in [-0.2, 0) is 6.61 Å². The minimum atomic E-state index is -0.0362. The fraction of sp³-hybridized carbons (Fsp3) is 0.316. The fourth-order valence-corrected chi connectivity index (χ4v) is 2.87. The van der Waals surface area contributed by atoms with Crippen LogP contribution >= 0.6 is 15.9 Å². The minimum absolute atomic E-state index is 0.0362. The van der Waals surface area contributed by atoms with Crippen LogP contribution < -0.4 is 20.5 Å². The van der Waals surface area contributed by atoms with E-state index in [9.17, 15) is 4.79 Å². The van der Waals surface area contributed by atoms with Gasteiger partial charge in [0.2, 0.25) is 0 Å². The molecule has 0 aliphatic carbocycles. The molecule has 2 aromatic carbocycles. The number of para-hydroxylation sites is 1. The number of rotatable bonds is 8. The third-order valence-electron chi connectivity index (χ3n) is 3.76. The average molecular weight is 407 g/mol. The van der Waals surface area contributed by atoms with E-state index in [1.54, 1.807) is 19.2 Å². The molecule has 0 saturated heterocycles. The molecule has 3 N–H and O–H groups in total. The second-order valence-electron chi connectivity index (χ2n) is 5.61. The first kappa shape index (κ1) is 19.1. The summed E-state index contributed by atoms with van der Waals surface area (Å²) >= 11 is 3.54. The Morgan fingerprint density at radius 1 is 1.28 bits per heavy atom. The molecule has 0 bridgehead atoms. The average Bonchev–Trinajstić information content (AvgIpc) is 2.62. The molecule has 0 aromatic heterocycles. The van der Waals surface area contributed by atoms with Gasteiger partial charge in [0.25, 0.3) is 0 Å². The van der Waals surface area contributed by atoms with Crippen molar-refractivity contribution in [2.45, 2.75) is 26.9 Å². The number of ether oxygens (including phenoxy) is 2.